The highest BCUT2D eigenvalue weighted by atomic mass is 19.4. The average Bonchev–Trinajstić information content (AvgIpc) is 2.96. The first-order valence-electron chi connectivity index (χ1n) is 7.34. The van der Waals surface area contributed by atoms with Crippen LogP contribution in [-0.4, -0.2) is 16.7 Å². The molecule has 0 aliphatic carbocycles. The van der Waals surface area contributed by atoms with Crippen LogP contribution >= 0.6 is 0 Å². The number of alkyl halides is 3. The summed E-state index contributed by atoms with van der Waals surface area (Å²) in [5.74, 6) is -0.154. The molecular formula is C18H16F3NO. The highest BCUT2D eigenvalue weighted by molar-refractivity contribution is 5.84. The van der Waals surface area contributed by atoms with Gasteiger partial charge in [-0.2, -0.15) is 13.2 Å². The van der Waals surface area contributed by atoms with E-state index in [0.717, 1.165) is 34.2 Å². The van der Waals surface area contributed by atoms with Crippen molar-refractivity contribution < 1.29 is 18.3 Å². The van der Waals surface area contributed by atoms with Crippen LogP contribution < -0.4 is 0 Å². The number of aromatic nitrogens is 1. The van der Waals surface area contributed by atoms with Crippen molar-refractivity contribution in [1.29, 1.82) is 0 Å². The van der Waals surface area contributed by atoms with Crippen molar-refractivity contribution in [3.8, 4) is 0 Å². The van der Waals surface area contributed by atoms with Crippen molar-refractivity contribution in [1.82, 2.24) is 4.98 Å². The van der Waals surface area contributed by atoms with Gasteiger partial charge in [-0.1, -0.05) is 30.3 Å². The number of nitrogens with one attached hydrogen (secondary N) is 1. The number of fused-ring (bicyclic) bond motifs is 1. The minimum atomic E-state index is -4.34. The lowest BCUT2D eigenvalue weighted by Crippen LogP contribution is -2.07. The maximum absolute atomic E-state index is 12.7. The Balaban J connectivity index is 2.02. The highest BCUT2D eigenvalue weighted by Crippen LogP contribution is 2.35. The topological polar surface area (TPSA) is 36.0 Å². The summed E-state index contributed by atoms with van der Waals surface area (Å²) in [6.07, 6.45) is -2.03. The van der Waals surface area contributed by atoms with E-state index in [1.807, 2.05) is 30.5 Å². The molecular weight excluding hydrogens is 303 g/mol. The molecule has 3 aromatic rings. The van der Waals surface area contributed by atoms with Crippen LogP contribution in [0.25, 0.3) is 10.9 Å². The van der Waals surface area contributed by atoms with Gasteiger partial charge in [-0.25, -0.2) is 0 Å². The minimum absolute atomic E-state index is 0.0365. The van der Waals surface area contributed by atoms with Gasteiger partial charge in [-0.15, -0.1) is 0 Å². The third-order valence-corrected chi connectivity index (χ3v) is 4.05. The minimum Gasteiger partial charge on any atom is -0.396 e. The quantitative estimate of drug-likeness (QED) is 0.718. The van der Waals surface area contributed by atoms with Gasteiger partial charge in [0.15, 0.2) is 0 Å². The van der Waals surface area contributed by atoms with Gasteiger partial charge in [-0.3, -0.25) is 0 Å². The zero-order chi connectivity index (χ0) is 16.4. The van der Waals surface area contributed by atoms with E-state index in [9.17, 15) is 18.3 Å². The molecule has 3 rings (SSSR count). The standard InChI is InChI=1S/C18H16F3NO/c19-18(20,21)13-7-5-12(6-8-13)14(9-10-23)16-11-22-17-4-2-1-3-15(16)17/h1-8,11,14,22-23H,9-10H2. The summed E-state index contributed by atoms with van der Waals surface area (Å²) in [6.45, 7) is -0.0365. The van der Waals surface area contributed by atoms with E-state index in [1.165, 1.54) is 12.1 Å². The normalized spacial score (nSPS) is 13.4. The van der Waals surface area contributed by atoms with E-state index in [-0.39, 0.29) is 12.5 Å². The Morgan fingerprint density at radius 3 is 2.35 bits per heavy atom. The van der Waals surface area contributed by atoms with Crippen LogP contribution in [0.2, 0.25) is 0 Å². The van der Waals surface area contributed by atoms with Gasteiger partial charge in [0, 0.05) is 29.6 Å². The second-order valence-electron chi connectivity index (χ2n) is 5.47. The van der Waals surface area contributed by atoms with Crippen molar-refractivity contribution >= 4 is 10.9 Å². The first-order chi connectivity index (χ1) is 11.0. The zero-order valence-corrected chi connectivity index (χ0v) is 12.3. The highest BCUT2D eigenvalue weighted by Gasteiger charge is 2.30. The number of H-pyrrole nitrogens is 1. The molecule has 1 unspecified atom stereocenters. The van der Waals surface area contributed by atoms with Crippen molar-refractivity contribution in [3.63, 3.8) is 0 Å². The van der Waals surface area contributed by atoms with E-state index < -0.39 is 11.7 Å². The summed E-state index contributed by atoms with van der Waals surface area (Å²) in [7, 11) is 0. The van der Waals surface area contributed by atoms with Crippen LogP contribution in [0.4, 0.5) is 13.2 Å². The molecule has 0 spiro atoms. The average molecular weight is 319 g/mol. The molecule has 1 aromatic heterocycles. The van der Waals surface area contributed by atoms with Crippen LogP contribution in [0.1, 0.15) is 29.0 Å². The second kappa shape index (κ2) is 6.08. The summed E-state index contributed by atoms with van der Waals surface area (Å²) in [4.78, 5) is 3.17. The third kappa shape index (κ3) is 3.10. The summed E-state index contributed by atoms with van der Waals surface area (Å²) in [5, 5.41) is 10.4. The molecule has 0 bridgehead atoms. The van der Waals surface area contributed by atoms with E-state index in [1.54, 1.807) is 0 Å². The molecule has 1 heterocycles. The number of aliphatic hydroxyl groups is 1. The molecule has 120 valence electrons. The predicted molar refractivity (Wildman–Crippen MR) is 83.3 cm³/mol. The maximum atomic E-state index is 12.7. The fourth-order valence-corrected chi connectivity index (χ4v) is 2.92. The Labute approximate surface area is 131 Å². The molecule has 2 aromatic carbocycles. The molecule has 0 amide bonds. The molecule has 0 fully saturated rings. The first kappa shape index (κ1) is 15.6. The monoisotopic (exact) mass is 319 g/mol. The molecule has 5 heteroatoms. The van der Waals surface area contributed by atoms with Gasteiger partial charge in [0.25, 0.3) is 0 Å². The number of aromatic amines is 1. The fraction of sp³-hybridized carbons (Fsp3) is 0.222. The summed E-state index contributed by atoms with van der Waals surface area (Å²) in [5.41, 5.74) is 2.05. The summed E-state index contributed by atoms with van der Waals surface area (Å²) in [6, 6.07) is 12.9. The first-order valence-corrected chi connectivity index (χ1v) is 7.34. The summed E-state index contributed by atoms with van der Waals surface area (Å²) >= 11 is 0. The van der Waals surface area contributed by atoms with Gasteiger partial charge in [-0.05, 0) is 35.7 Å². The summed E-state index contributed by atoms with van der Waals surface area (Å²) < 4.78 is 38.1. The molecule has 1 atom stereocenters. The van der Waals surface area contributed by atoms with Crippen LogP contribution in [0.15, 0.2) is 54.7 Å². The number of benzene rings is 2. The van der Waals surface area contributed by atoms with Crippen LogP contribution in [-0.2, 0) is 6.18 Å². The number of aliphatic hydroxyl groups excluding tert-OH is 1. The van der Waals surface area contributed by atoms with Gasteiger partial charge in [0.2, 0.25) is 0 Å². The maximum Gasteiger partial charge on any atom is 0.416 e. The number of hydrogen-bond donors (Lipinski definition) is 2. The van der Waals surface area contributed by atoms with Gasteiger partial charge in [0.05, 0.1) is 5.56 Å². The van der Waals surface area contributed by atoms with Crippen molar-refractivity contribution in [2.75, 3.05) is 6.61 Å². The molecule has 23 heavy (non-hydrogen) atoms. The largest absolute Gasteiger partial charge is 0.416 e. The molecule has 0 aliphatic rings. The Bertz CT molecular complexity index is 790. The van der Waals surface area contributed by atoms with E-state index in [4.69, 9.17) is 0 Å². The molecule has 2 nitrogen and oxygen atoms in total. The molecule has 0 aliphatic heterocycles. The Morgan fingerprint density at radius 2 is 1.70 bits per heavy atom. The Morgan fingerprint density at radius 1 is 1.00 bits per heavy atom. The van der Waals surface area contributed by atoms with Crippen LogP contribution in [0.5, 0.6) is 0 Å². The predicted octanol–water partition coefficient (Wildman–Crippen LogP) is 4.70. The number of hydrogen-bond acceptors (Lipinski definition) is 1. The van der Waals surface area contributed by atoms with Crippen molar-refractivity contribution in [3.05, 3.63) is 71.4 Å². The Hall–Kier alpha value is -2.27. The van der Waals surface area contributed by atoms with E-state index in [2.05, 4.69) is 4.98 Å². The van der Waals surface area contributed by atoms with E-state index >= 15 is 0 Å². The number of para-hydroxylation sites is 1. The van der Waals surface area contributed by atoms with Crippen molar-refractivity contribution in [2.24, 2.45) is 0 Å². The van der Waals surface area contributed by atoms with Gasteiger partial charge in [0.1, 0.15) is 0 Å². The number of rotatable bonds is 4. The van der Waals surface area contributed by atoms with Gasteiger partial charge < -0.3 is 10.1 Å². The lowest BCUT2D eigenvalue weighted by molar-refractivity contribution is -0.137. The van der Waals surface area contributed by atoms with E-state index in [0.29, 0.717) is 6.42 Å². The smallest absolute Gasteiger partial charge is 0.396 e. The van der Waals surface area contributed by atoms with Crippen LogP contribution in [0, 0.1) is 0 Å². The number of halogens is 3. The second-order valence-corrected chi connectivity index (χ2v) is 5.47. The molecule has 0 saturated carbocycles. The fourth-order valence-electron chi connectivity index (χ4n) is 2.92. The lowest BCUT2D eigenvalue weighted by Gasteiger charge is -2.17. The lowest BCUT2D eigenvalue weighted by atomic mass is 9.88. The third-order valence-electron chi connectivity index (χ3n) is 4.05. The SMILES string of the molecule is OCCC(c1ccc(C(F)(F)F)cc1)c1c[nH]c2ccccc12. The Kier molecular flexibility index (Phi) is 4.13. The molecule has 2 N–H and O–H groups in total. The zero-order valence-electron chi connectivity index (χ0n) is 12.3. The molecule has 0 saturated heterocycles. The van der Waals surface area contributed by atoms with Crippen molar-refractivity contribution in [2.45, 2.75) is 18.5 Å². The van der Waals surface area contributed by atoms with Crippen LogP contribution in [0.3, 0.4) is 0 Å². The molecule has 0 radical (unpaired) electrons. The van der Waals surface area contributed by atoms with Gasteiger partial charge >= 0.3 is 6.18 Å².